The Morgan fingerprint density at radius 1 is 1.12 bits per heavy atom. The number of nitrogens with zero attached hydrogens (tertiary/aromatic N) is 4. The molecule has 0 amide bonds. The summed E-state index contributed by atoms with van der Waals surface area (Å²) in [6, 6.07) is 0.420. The van der Waals surface area contributed by atoms with Crippen LogP contribution in [-0.2, 0) is 9.47 Å². The number of hydrogen-bond acceptors (Lipinski definition) is 6. The van der Waals surface area contributed by atoms with Gasteiger partial charge in [0.1, 0.15) is 0 Å². The lowest BCUT2D eigenvalue weighted by Crippen LogP contribution is -2.44. The van der Waals surface area contributed by atoms with Crippen molar-refractivity contribution < 1.29 is 9.47 Å². The number of ether oxygens (including phenoxy) is 2. The molecule has 3 aliphatic heterocycles. The highest BCUT2D eigenvalue weighted by Gasteiger charge is 2.40. The van der Waals surface area contributed by atoms with E-state index >= 15 is 0 Å². The summed E-state index contributed by atoms with van der Waals surface area (Å²) < 4.78 is 12.2. The van der Waals surface area contributed by atoms with Crippen LogP contribution in [0.5, 0.6) is 0 Å². The van der Waals surface area contributed by atoms with Crippen LogP contribution in [0.2, 0.25) is 0 Å². The maximum absolute atomic E-state index is 6.32. The molecule has 3 saturated heterocycles. The highest BCUT2D eigenvalue weighted by molar-refractivity contribution is 5.35. The first kappa shape index (κ1) is 17.2. The Morgan fingerprint density at radius 3 is 2.72 bits per heavy atom. The van der Waals surface area contributed by atoms with Crippen LogP contribution in [-0.4, -0.2) is 72.5 Å². The third-order valence-electron chi connectivity index (χ3n) is 5.71. The highest BCUT2D eigenvalue weighted by Crippen LogP contribution is 2.33. The molecule has 3 atom stereocenters. The van der Waals surface area contributed by atoms with E-state index in [2.05, 4.69) is 19.8 Å². The van der Waals surface area contributed by atoms with Crippen LogP contribution >= 0.6 is 0 Å². The van der Waals surface area contributed by atoms with E-state index < -0.39 is 0 Å². The van der Waals surface area contributed by atoms with Crippen molar-refractivity contribution in [3.8, 4) is 0 Å². The van der Waals surface area contributed by atoms with Gasteiger partial charge in [0.25, 0.3) is 0 Å². The van der Waals surface area contributed by atoms with Gasteiger partial charge in [0.15, 0.2) is 0 Å². The summed E-state index contributed by atoms with van der Waals surface area (Å²) in [5.41, 5.74) is 1.10. The Kier molecular flexibility index (Phi) is 5.48. The van der Waals surface area contributed by atoms with Crippen LogP contribution < -0.4 is 4.90 Å². The standard InChI is InChI=1S/C19H30N4O2/c1-15-12-20-19(21-13-15)23-9-6-18-17(23)5-4-16(25-18)14-24-11-10-22-7-2-3-8-22/h12-13,16-18H,2-11,14H2,1H3/t16-,17+,18+/m1/s1. The summed E-state index contributed by atoms with van der Waals surface area (Å²) in [7, 11) is 0. The van der Waals surface area contributed by atoms with E-state index in [9.17, 15) is 0 Å². The van der Waals surface area contributed by atoms with E-state index in [1.807, 2.05) is 19.3 Å². The van der Waals surface area contributed by atoms with Crippen LogP contribution in [0.25, 0.3) is 0 Å². The fourth-order valence-electron chi connectivity index (χ4n) is 4.32. The number of likely N-dealkylation sites (tertiary alicyclic amines) is 1. The van der Waals surface area contributed by atoms with Crippen molar-refractivity contribution in [1.29, 1.82) is 0 Å². The molecular formula is C19H30N4O2. The van der Waals surface area contributed by atoms with Crippen molar-refractivity contribution in [2.45, 2.75) is 57.3 Å². The van der Waals surface area contributed by atoms with Gasteiger partial charge in [-0.3, -0.25) is 0 Å². The minimum absolute atomic E-state index is 0.249. The first-order chi connectivity index (χ1) is 12.3. The second-order valence-electron chi connectivity index (χ2n) is 7.61. The zero-order valence-corrected chi connectivity index (χ0v) is 15.3. The van der Waals surface area contributed by atoms with E-state index in [0.717, 1.165) is 57.1 Å². The fraction of sp³-hybridized carbons (Fsp3) is 0.789. The van der Waals surface area contributed by atoms with E-state index in [-0.39, 0.29) is 6.10 Å². The van der Waals surface area contributed by atoms with Gasteiger partial charge in [-0.15, -0.1) is 0 Å². The van der Waals surface area contributed by atoms with E-state index in [1.165, 1.54) is 25.9 Å². The smallest absolute Gasteiger partial charge is 0.225 e. The Bertz CT molecular complexity index is 547. The molecule has 4 heterocycles. The third kappa shape index (κ3) is 4.13. The van der Waals surface area contributed by atoms with Gasteiger partial charge in [-0.05, 0) is 57.7 Å². The summed E-state index contributed by atoms with van der Waals surface area (Å²) in [6.07, 6.45) is 10.3. The van der Waals surface area contributed by atoms with Gasteiger partial charge in [-0.1, -0.05) is 0 Å². The molecule has 0 spiro atoms. The number of fused-ring (bicyclic) bond motifs is 1. The molecule has 0 aliphatic carbocycles. The van der Waals surface area contributed by atoms with E-state index in [1.54, 1.807) is 0 Å². The average Bonchev–Trinajstić information content (AvgIpc) is 3.29. The lowest BCUT2D eigenvalue weighted by molar-refractivity contribution is -0.0872. The van der Waals surface area contributed by atoms with Crippen molar-refractivity contribution in [2.24, 2.45) is 0 Å². The molecule has 0 bridgehead atoms. The normalized spacial score (nSPS) is 30.0. The van der Waals surface area contributed by atoms with Gasteiger partial charge < -0.3 is 19.3 Å². The van der Waals surface area contributed by atoms with Crippen molar-refractivity contribution in [1.82, 2.24) is 14.9 Å². The minimum Gasteiger partial charge on any atom is -0.377 e. The Balaban J connectivity index is 1.22. The van der Waals surface area contributed by atoms with E-state index in [4.69, 9.17) is 9.47 Å². The van der Waals surface area contributed by atoms with Gasteiger partial charge >= 0.3 is 0 Å². The first-order valence-corrected chi connectivity index (χ1v) is 9.80. The van der Waals surface area contributed by atoms with Crippen LogP contribution in [0.3, 0.4) is 0 Å². The van der Waals surface area contributed by atoms with Crippen molar-refractivity contribution in [2.75, 3.05) is 44.3 Å². The second-order valence-corrected chi connectivity index (χ2v) is 7.61. The summed E-state index contributed by atoms with van der Waals surface area (Å²) in [5.74, 6) is 0.849. The van der Waals surface area contributed by atoms with Crippen molar-refractivity contribution >= 4 is 5.95 Å². The molecule has 0 aromatic carbocycles. The van der Waals surface area contributed by atoms with Crippen LogP contribution in [0.15, 0.2) is 12.4 Å². The number of rotatable bonds is 6. The average molecular weight is 346 g/mol. The zero-order chi connectivity index (χ0) is 17.1. The summed E-state index contributed by atoms with van der Waals surface area (Å²) in [6.45, 7) is 8.12. The van der Waals surface area contributed by atoms with Gasteiger partial charge in [0, 0.05) is 25.5 Å². The Hall–Kier alpha value is -1.24. The van der Waals surface area contributed by atoms with Crippen LogP contribution in [0, 0.1) is 6.92 Å². The molecule has 4 rings (SSSR count). The van der Waals surface area contributed by atoms with Gasteiger partial charge in [0.05, 0.1) is 31.5 Å². The van der Waals surface area contributed by atoms with Crippen molar-refractivity contribution in [3.63, 3.8) is 0 Å². The maximum Gasteiger partial charge on any atom is 0.225 e. The SMILES string of the molecule is Cc1cnc(N2CC[C@@H]3O[C@@H](COCCN4CCCC4)CC[C@@H]32)nc1. The molecule has 0 saturated carbocycles. The van der Waals surface area contributed by atoms with E-state index in [0.29, 0.717) is 12.1 Å². The third-order valence-corrected chi connectivity index (χ3v) is 5.71. The predicted molar refractivity (Wildman–Crippen MR) is 96.9 cm³/mol. The molecule has 3 aliphatic rings. The first-order valence-electron chi connectivity index (χ1n) is 9.80. The maximum atomic E-state index is 6.32. The van der Waals surface area contributed by atoms with Gasteiger partial charge in [-0.2, -0.15) is 0 Å². The van der Waals surface area contributed by atoms with Gasteiger partial charge in [0.2, 0.25) is 5.95 Å². The number of hydrogen-bond donors (Lipinski definition) is 0. The summed E-state index contributed by atoms with van der Waals surface area (Å²) in [5, 5.41) is 0. The molecule has 25 heavy (non-hydrogen) atoms. The van der Waals surface area contributed by atoms with Crippen molar-refractivity contribution in [3.05, 3.63) is 18.0 Å². The van der Waals surface area contributed by atoms with Crippen LogP contribution in [0.1, 0.15) is 37.7 Å². The summed E-state index contributed by atoms with van der Waals surface area (Å²) in [4.78, 5) is 13.8. The fourth-order valence-corrected chi connectivity index (χ4v) is 4.32. The monoisotopic (exact) mass is 346 g/mol. The largest absolute Gasteiger partial charge is 0.377 e. The quantitative estimate of drug-likeness (QED) is 0.735. The topological polar surface area (TPSA) is 50.7 Å². The summed E-state index contributed by atoms with van der Waals surface area (Å²) >= 11 is 0. The predicted octanol–water partition coefficient (Wildman–Crippen LogP) is 2.02. The molecule has 1 aromatic heterocycles. The molecule has 0 N–H and O–H groups in total. The second kappa shape index (κ2) is 7.98. The molecule has 3 fully saturated rings. The lowest BCUT2D eigenvalue weighted by atomic mass is 9.99. The minimum atomic E-state index is 0.249. The van der Waals surface area contributed by atoms with Gasteiger partial charge in [-0.25, -0.2) is 9.97 Å². The van der Waals surface area contributed by atoms with Crippen LogP contribution in [0.4, 0.5) is 5.95 Å². The lowest BCUT2D eigenvalue weighted by Gasteiger charge is -2.35. The number of aromatic nitrogens is 2. The number of anilines is 1. The Morgan fingerprint density at radius 2 is 1.92 bits per heavy atom. The highest BCUT2D eigenvalue weighted by atomic mass is 16.5. The Labute approximate surface area is 150 Å². The molecule has 138 valence electrons. The number of aryl methyl sites for hydroxylation is 1. The molecule has 0 radical (unpaired) electrons. The molecule has 6 nitrogen and oxygen atoms in total. The molecular weight excluding hydrogens is 316 g/mol. The molecule has 0 unspecified atom stereocenters. The zero-order valence-electron chi connectivity index (χ0n) is 15.3. The molecule has 6 heteroatoms. The molecule has 1 aromatic rings.